The van der Waals surface area contributed by atoms with Gasteiger partial charge in [0.25, 0.3) is 0 Å². The second-order valence-electron chi connectivity index (χ2n) is 1.74. The molecule has 0 aromatic rings. The molecule has 0 saturated carbocycles. The maximum atomic E-state index is 10.7. The molecule has 0 rings (SSSR count). The topological polar surface area (TPSA) is 77.8 Å². The van der Waals surface area contributed by atoms with E-state index in [9.17, 15) is 9.59 Å². The number of aliphatic hydroxyl groups excluding tert-OH is 1. The van der Waals surface area contributed by atoms with Crippen molar-refractivity contribution in [2.75, 3.05) is 6.73 Å². The number of amides is 2. The van der Waals surface area contributed by atoms with Crippen molar-refractivity contribution in [3.63, 3.8) is 0 Å². The highest BCUT2D eigenvalue weighted by atomic mass is 16.4. The van der Waals surface area contributed by atoms with E-state index in [1.165, 1.54) is 6.08 Å². The van der Waals surface area contributed by atoms with Gasteiger partial charge in [-0.1, -0.05) is 6.08 Å². The summed E-state index contributed by atoms with van der Waals surface area (Å²) in [7, 11) is 0. The Hall–Kier alpha value is -1.36. The molecule has 0 atom stereocenters. The number of imide groups is 1. The van der Waals surface area contributed by atoms with Gasteiger partial charge < -0.3 is 10.2 Å². The van der Waals surface area contributed by atoms with Gasteiger partial charge in [0.05, 0.1) is 0 Å². The smallest absolute Gasteiger partial charge is 0.415 e. The quantitative estimate of drug-likeness (QED) is 0.449. The summed E-state index contributed by atoms with van der Waals surface area (Å²) < 4.78 is 0. The number of nitrogens with zero attached hydrogens (tertiary/aromatic N) is 1. The first-order chi connectivity index (χ1) is 5.13. The Morgan fingerprint density at radius 1 is 1.55 bits per heavy atom. The SMILES string of the molecule is C=CCC(=O)N(CO)C(=O)O. The van der Waals surface area contributed by atoms with Crippen LogP contribution in [0.2, 0.25) is 0 Å². The number of carbonyl (C=O) groups excluding carboxylic acids is 1. The van der Waals surface area contributed by atoms with Gasteiger partial charge in [-0.3, -0.25) is 4.79 Å². The van der Waals surface area contributed by atoms with Gasteiger partial charge in [-0.2, -0.15) is 0 Å². The van der Waals surface area contributed by atoms with Crippen molar-refractivity contribution < 1.29 is 19.8 Å². The van der Waals surface area contributed by atoms with E-state index in [2.05, 4.69) is 6.58 Å². The molecule has 0 unspecified atom stereocenters. The number of aliphatic hydroxyl groups is 1. The average molecular weight is 159 g/mol. The second-order valence-corrected chi connectivity index (χ2v) is 1.74. The Balaban J connectivity index is 4.13. The van der Waals surface area contributed by atoms with Crippen LogP contribution in [-0.2, 0) is 4.79 Å². The van der Waals surface area contributed by atoms with Crippen molar-refractivity contribution in [1.82, 2.24) is 4.90 Å². The van der Waals surface area contributed by atoms with Crippen LogP contribution < -0.4 is 0 Å². The van der Waals surface area contributed by atoms with Crippen molar-refractivity contribution >= 4 is 12.0 Å². The van der Waals surface area contributed by atoms with Crippen LogP contribution in [0.25, 0.3) is 0 Å². The number of hydrogen-bond donors (Lipinski definition) is 2. The van der Waals surface area contributed by atoms with E-state index in [0.717, 1.165) is 0 Å². The molecule has 5 nitrogen and oxygen atoms in total. The molecule has 0 aromatic heterocycles. The van der Waals surface area contributed by atoms with Crippen molar-refractivity contribution in [3.05, 3.63) is 12.7 Å². The van der Waals surface area contributed by atoms with Crippen LogP contribution in [0.1, 0.15) is 6.42 Å². The average Bonchev–Trinajstić information content (AvgIpc) is 1.88. The summed E-state index contributed by atoms with van der Waals surface area (Å²) in [4.78, 5) is 21.2. The van der Waals surface area contributed by atoms with E-state index in [1.54, 1.807) is 0 Å². The maximum Gasteiger partial charge on any atom is 0.415 e. The minimum absolute atomic E-state index is 0.0904. The zero-order valence-corrected chi connectivity index (χ0v) is 5.86. The Morgan fingerprint density at radius 2 is 2.09 bits per heavy atom. The summed E-state index contributed by atoms with van der Waals surface area (Å²) in [6.45, 7) is 2.44. The highest BCUT2D eigenvalue weighted by molar-refractivity contribution is 5.91. The molecule has 0 heterocycles. The van der Waals surface area contributed by atoms with Gasteiger partial charge >= 0.3 is 6.09 Å². The summed E-state index contributed by atoms with van der Waals surface area (Å²) in [5.74, 6) is -0.685. The molecular weight excluding hydrogens is 150 g/mol. The van der Waals surface area contributed by atoms with Gasteiger partial charge in [0.2, 0.25) is 5.91 Å². The van der Waals surface area contributed by atoms with Crippen molar-refractivity contribution in [1.29, 1.82) is 0 Å². The van der Waals surface area contributed by atoms with E-state index in [1.807, 2.05) is 0 Å². The Morgan fingerprint density at radius 3 is 2.36 bits per heavy atom. The molecule has 0 radical (unpaired) electrons. The Labute approximate surface area is 63.5 Å². The monoisotopic (exact) mass is 159 g/mol. The first kappa shape index (κ1) is 9.64. The largest absolute Gasteiger partial charge is 0.465 e. The second kappa shape index (κ2) is 4.45. The molecule has 11 heavy (non-hydrogen) atoms. The number of rotatable bonds is 3. The fourth-order valence-electron chi connectivity index (χ4n) is 0.480. The fourth-order valence-corrected chi connectivity index (χ4v) is 0.480. The third-order valence-electron chi connectivity index (χ3n) is 0.992. The molecule has 2 N–H and O–H groups in total. The third kappa shape index (κ3) is 2.81. The molecule has 0 saturated heterocycles. The van der Waals surface area contributed by atoms with Crippen LogP contribution in [0.3, 0.4) is 0 Å². The lowest BCUT2D eigenvalue weighted by Crippen LogP contribution is -2.35. The van der Waals surface area contributed by atoms with Crippen molar-refractivity contribution in [2.24, 2.45) is 0 Å². The van der Waals surface area contributed by atoms with E-state index < -0.39 is 18.7 Å². The Kier molecular flexibility index (Phi) is 3.90. The van der Waals surface area contributed by atoms with E-state index in [0.29, 0.717) is 4.90 Å². The number of carboxylic acid groups (broad SMARTS) is 1. The molecular formula is C6H9NO4. The minimum atomic E-state index is -1.46. The molecule has 0 fully saturated rings. The van der Waals surface area contributed by atoms with Gasteiger partial charge in [0, 0.05) is 6.42 Å². The zero-order valence-electron chi connectivity index (χ0n) is 5.86. The summed E-state index contributed by atoms with van der Waals surface area (Å²) in [5, 5.41) is 16.7. The predicted molar refractivity (Wildman–Crippen MR) is 36.8 cm³/mol. The first-order valence-electron chi connectivity index (χ1n) is 2.88. The van der Waals surface area contributed by atoms with Crippen LogP contribution in [0.15, 0.2) is 12.7 Å². The first-order valence-corrected chi connectivity index (χ1v) is 2.88. The Bertz CT molecular complexity index is 177. The molecule has 0 aromatic carbocycles. The molecule has 0 spiro atoms. The number of hydrogen-bond acceptors (Lipinski definition) is 3. The maximum absolute atomic E-state index is 10.7. The fraction of sp³-hybridized carbons (Fsp3) is 0.333. The molecule has 0 bridgehead atoms. The zero-order chi connectivity index (χ0) is 8.85. The molecule has 62 valence electrons. The summed E-state index contributed by atoms with van der Waals surface area (Å²) in [6.07, 6.45) is -0.278. The molecule has 0 aliphatic carbocycles. The lowest BCUT2D eigenvalue weighted by atomic mass is 10.4. The van der Waals surface area contributed by atoms with Crippen LogP contribution in [0.5, 0.6) is 0 Å². The molecule has 5 heteroatoms. The van der Waals surface area contributed by atoms with Crippen LogP contribution in [0, 0.1) is 0 Å². The normalized spacial score (nSPS) is 8.82. The van der Waals surface area contributed by atoms with E-state index in [-0.39, 0.29) is 6.42 Å². The van der Waals surface area contributed by atoms with Crippen molar-refractivity contribution in [2.45, 2.75) is 6.42 Å². The highest BCUT2D eigenvalue weighted by Crippen LogP contribution is 1.93. The van der Waals surface area contributed by atoms with Crippen molar-refractivity contribution in [3.8, 4) is 0 Å². The van der Waals surface area contributed by atoms with E-state index >= 15 is 0 Å². The van der Waals surface area contributed by atoms with Gasteiger partial charge in [0.15, 0.2) is 0 Å². The number of carbonyl (C=O) groups is 2. The standard InChI is InChI=1S/C6H9NO4/c1-2-3-5(9)7(4-8)6(10)11/h2,8H,1,3-4H2,(H,10,11). The lowest BCUT2D eigenvalue weighted by molar-refractivity contribution is -0.131. The predicted octanol–water partition coefficient (Wildman–Crippen LogP) is 0.0189. The van der Waals surface area contributed by atoms with Crippen LogP contribution >= 0.6 is 0 Å². The van der Waals surface area contributed by atoms with Gasteiger partial charge in [-0.25, -0.2) is 9.69 Å². The van der Waals surface area contributed by atoms with Gasteiger partial charge in [-0.15, -0.1) is 6.58 Å². The van der Waals surface area contributed by atoms with E-state index in [4.69, 9.17) is 10.2 Å². The lowest BCUT2D eigenvalue weighted by Gasteiger charge is -2.11. The van der Waals surface area contributed by atoms with Gasteiger partial charge in [-0.05, 0) is 0 Å². The molecule has 0 aliphatic heterocycles. The van der Waals surface area contributed by atoms with Crippen LogP contribution in [-0.4, -0.2) is 33.8 Å². The highest BCUT2D eigenvalue weighted by Gasteiger charge is 2.17. The van der Waals surface area contributed by atoms with Gasteiger partial charge in [0.1, 0.15) is 6.73 Å². The third-order valence-corrected chi connectivity index (χ3v) is 0.992. The summed E-state index contributed by atoms with van der Waals surface area (Å²) in [6, 6.07) is 0. The minimum Gasteiger partial charge on any atom is -0.465 e. The summed E-state index contributed by atoms with van der Waals surface area (Å²) >= 11 is 0. The molecule has 0 aliphatic rings. The van der Waals surface area contributed by atoms with Crippen LogP contribution in [0.4, 0.5) is 4.79 Å². The molecule has 2 amide bonds. The summed E-state index contributed by atoms with van der Waals surface area (Å²) in [5.41, 5.74) is 0.